The molecule has 4 rings (SSSR count). The summed E-state index contributed by atoms with van der Waals surface area (Å²) in [5.74, 6) is -0.929. The first-order valence-corrected chi connectivity index (χ1v) is 15.2. The molecule has 1 atom stereocenters. The molecule has 4 aromatic carbocycles. The second-order valence-electron chi connectivity index (χ2n) is 9.72. The first-order valence-electron chi connectivity index (χ1n) is 13.4. The van der Waals surface area contributed by atoms with Crippen LogP contribution < -0.4 is 13.8 Å². The van der Waals surface area contributed by atoms with Crippen molar-refractivity contribution in [3.05, 3.63) is 119 Å². The third-order valence-corrected chi connectivity index (χ3v) is 8.95. The molecule has 0 bridgehead atoms. The van der Waals surface area contributed by atoms with Crippen molar-refractivity contribution >= 4 is 33.2 Å². The average molecular weight is 629 g/mol. The highest BCUT2D eigenvalue weighted by molar-refractivity contribution is 7.92. The van der Waals surface area contributed by atoms with Gasteiger partial charge < -0.3 is 14.4 Å². The quantitative estimate of drug-likeness (QED) is 0.156. The Kier molecular flexibility index (Phi) is 10.3. The summed E-state index contributed by atoms with van der Waals surface area (Å²) in [4.78, 5) is 14.2. The third kappa shape index (κ3) is 7.44. The fraction of sp³-hybridized carbons (Fsp3) is 0.219. The highest BCUT2D eigenvalue weighted by atomic mass is 35.5. The Morgan fingerprint density at radius 2 is 1.67 bits per heavy atom. The number of para-hydroxylation sites is 1. The van der Waals surface area contributed by atoms with Crippen LogP contribution in [0.25, 0.3) is 0 Å². The summed E-state index contributed by atoms with van der Waals surface area (Å²) in [5.41, 5.74) is 0.480. The SMILES string of the molecule is COc1cccc(C(=O)N(C)CCCOc2ccccc2C(C)N(c2cc(F)ccc2F)S(=O)(=O)c2ccc(Cl)cc2)c1. The van der Waals surface area contributed by atoms with Crippen LogP contribution in [0.1, 0.15) is 35.3 Å². The van der Waals surface area contributed by atoms with Crippen molar-refractivity contribution in [1.29, 1.82) is 0 Å². The van der Waals surface area contributed by atoms with Crippen LogP contribution in [-0.4, -0.2) is 46.5 Å². The van der Waals surface area contributed by atoms with Gasteiger partial charge in [0.15, 0.2) is 0 Å². The summed E-state index contributed by atoms with van der Waals surface area (Å²) in [7, 11) is -1.17. The van der Waals surface area contributed by atoms with Crippen molar-refractivity contribution in [2.75, 3.05) is 31.6 Å². The van der Waals surface area contributed by atoms with Gasteiger partial charge in [0.1, 0.15) is 23.1 Å². The van der Waals surface area contributed by atoms with Crippen LogP contribution in [0.15, 0.2) is 95.9 Å². The molecule has 0 aliphatic rings. The van der Waals surface area contributed by atoms with E-state index in [4.69, 9.17) is 21.1 Å². The van der Waals surface area contributed by atoms with E-state index in [2.05, 4.69) is 0 Å². The van der Waals surface area contributed by atoms with Gasteiger partial charge in [-0.3, -0.25) is 9.10 Å². The number of sulfonamides is 1. The predicted octanol–water partition coefficient (Wildman–Crippen LogP) is 7.12. The van der Waals surface area contributed by atoms with E-state index in [1.165, 1.54) is 31.4 Å². The molecule has 0 fully saturated rings. The van der Waals surface area contributed by atoms with Crippen LogP contribution in [0.4, 0.5) is 14.5 Å². The molecular formula is C32H31ClF2N2O5S. The van der Waals surface area contributed by atoms with Crippen LogP contribution in [0.5, 0.6) is 11.5 Å². The Bertz CT molecular complexity index is 1690. The molecule has 0 saturated carbocycles. The first kappa shape index (κ1) is 31.8. The molecule has 0 spiro atoms. The highest BCUT2D eigenvalue weighted by Gasteiger charge is 2.34. The highest BCUT2D eigenvalue weighted by Crippen LogP contribution is 2.38. The summed E-state index contributed by atoms with van der Waals surface area (Å²) in [5, 5.41) is 0.324. The second kappa shape index (κ2) is 13.9. The number of hydrogen-bond donors (Lipinski definition) is 0. The standard InChI is InChI=1S/C32H31ClF2N2O5S/c1-22(37(30-21-25(34)14-17-29(30)35)43(39,40)27-15-12-24(33)13-16-27)28-10-4-5-11-31(28)42-19-7-18-36(2)32(38)23-8-6-9-26(20-23)41-3/h4-6,8-17,20-22H,7,18-19H2,1-3H3. The zero-order valence-electron chi connectivity index (χ0n) is 23.8. The van der Waals surface area contributed by atoms with E-state index >= 15 is 4.39 Å². The van der Waals surface area contributed by atoms with Gasteiger partial charge in [0, 0.05) is 35.8 Å². The minimum Gasteiger partial charge on any atom is -0.497 e. The predicted molar refractivity (Wildman–Crippen MR) is 162 cm³/mol. The molecule has 4 aromatic rings. The van der Waals surface area contributed by atoms with Crippen LogP contribution in [0.3, 0.4) is 0 Å². The maximum atomic E-state index is 15.1. The molecule has 0 N–H and O–H groups in total. The third-order valence-electron chi connectivity index (χ3n) is 6.80. The Balaban J connectivity index is 1.56. The first-order chi connectivity index (χ1) is 20.5. The Morgan fingerprint density at radius 1 is 0.953 bits per heavy atom. The summed E-state index contributed by atoms with van der Waals surface area (Å²) >= 11 is 5.96. The summed E-state index contributed by atoms with van der Waals surface area (Å²) in [6.45, 7) is 2.16. The van der Waals surface area contributed by atoms with Crippen molar-refractivity contribution < 1.29 is 31.5 Å². The largest absolute Gasteiger partial charge is 0.497 e. The lowest BCUT2D eigenvalue weighted by atomic mass is 10.1. The molecule has 11 heteroatoms. The van der Waals surface area contributed by atoms with Crippen LogP contribution >= 0.6 is 11.6 Å². The van der Waals surface area contributed by atoms with E-state index in [1.807, 2.05) is 0 Å². The molecule has 0 heterocycles. The summed E-state index contributed by atoms with van der Waals surface area (Å²) in [6.07, 6.45) is 0.472. The number of nitrogens with zero attached hydrogens (tertiary/aromatic N) is 2. The van der Waals surface area contributed by atoms with Crippen molar-refractivity contribution in [2.24, 2.45) is 0 Å². The molecular weight excluding hydrogens is 598 g/mol. The van der Waals surface area contributed by atoms with E-state index in [9.17, 15) is 17.6 Å². The maximum Gasteiger partial charge on any atom is 0.264 e. The number of ether oxygens (including phenoxy) is 2. The van der Waals surface area contributed by atoms with Gasteiger partial charge in [-0.15, -0.1) is 0 Å². The fourth-order valence-corrected chi connectivity index (χ4v) is 6.33. The van der Waals surface area contributed by atoms with E-state index in [-0.39, 0.29) is 17.4 Å². The number of methoxy groups -OCH3 is 1. The maximum absolute atomic E-state index is 15.1. The van der Waals surface area contributed by atoms with Gasteiger partial charge in [0.05, 0.1) is 30.3 Å². The summed E-state index contributed by atoms with van der Waals surface area (Å²) < 4.78 is 69.3. The van der Waals surface area contributed by atoms with Gasteiger partial charge in [-0.2, -0.15) is 0 Å². The Hall–Kier alpha value is -4.15. The lowest BCUT2D eigenvalue weighted by Gasteiger charge is -2.32. The molecule has 226 valence electrons. The van der Waals surface area contributed by atoms with E-state index in [0.29, 0.717) is 40.6 Å². The van der Waals surface area contributed by atoms with Gasteiger partial charge in [-0.05, 0) is 74.0 Å². The lowest BCUT2D eigenvalue weighted by molar-refractivity contribution is 0.0787. The van der Waals surface area contributed by atoms with Crippen LogP contribution in [0, 0.1) is 11.6 Å². The van der Waals surface area contributed by atoms with Crippen molar-refractivity contribution in [3.63, 3.8) is 0 Å². The zero-order valence-corrected chi connectivity index (χ0v) is 25.4. The van der Waals surface area contributed by atoms with Gasteiger partial charge >= 0.3 is 0 Å². The topological polar surface area (TPSA) is 76.2 Å². The number of carbonyl (C=O) groups excluding carboxylic acids is 1. The molecule has 1 amide bonds. The number of benzene rings is 4. The molecule has 1 unspecified atom stereocenters. The monoisotopic (exact) mass is 628 g/mol. The fourth-order valence-electron chi connectivity index (χ4n) is 4.57. The normalized spacial score (nSPS) is 12.0. The van der Waals surface area contributed by atoms with Gasteiger partial charge in [0.2, 0.25) is 0 Å². The molecule has 0 saturated heterocycles. The zero-order chi connectivity index (χ0) is 31.1. The second-order valence-corrected chi connectivity index (χ2v) is 12.0. The van der Waals surface area contributed by atoms with Crippen LogP contribution in [-0.2, 0) is 10.0 Å². The number of rotatable bonds is 12. The Labute approximate surface area is 255 Å². The van der Waals surface area contributed by atoms with Crippen molar-refractivity contribution in [1.82, 2.24) is 4.90 Å². The number of anilines is 1. The minimum absolute atomic E-state index is 0.144. The molecule has 0 aliphatic carbocycles. The number of carbonyl (C=O) groups is 1. The Morgan fingerprint density at radius 3 is 2.40 bits per heavy atom. The number of amides is 1. The van der Waals surface area contributed by atoms with Crippen molar-refractivity contribution in [2.45, 2.75) is 24.3 Å². The number of halogens is 3. The van der Waals surface area contributed by atoms with Gasteiger partial charge in [-0.1, -0.05) is 35.9 Å². The average Bonchev–Trinajstić information content (AvgIpc) is 3.00. The molecule has 7 nitrogen and oxygen atoms in total. The van der Waals surface area contributed by atoms with E-state index in [0.717, 1.165) is 22.5 Å². The van der Waals surface area contributed by atoms with E-state index in [1.54, 1.807) is 67.4 Å². The number of hydrogen-bond acceptors (Lipinski definition) is 5. The smallest absolute Gasteiger partial charge is 0.264 e. The minimum atomic E-state index is -4.39. The lowest BCUT2D eigenvalue weighted by Crippen LogP contribution is -2.34. The van der Waals surface area contributed by atoms with E-state index < -0.39 is 33.4 Å². The summed E-state index contributed by atoms with van der Waals surface area (Å²) in [6, 6.07) is 20.7. The van der Waals surface area contributed by atoms with Crippen LogP contribution in [0.2, 0.25) is 5.02 Å². The molecule has 0 aliphatic heterocycles. The molecule has 0 radical (unpaired) electrons. The molecule has 43 heavy (non-hydrogen) atoms. The molecule has 0 aromatic heterocycles. The van der Waals surface area contributed by atoms with Crippen molar-refractivity contribution in [3.8, 4) is 11.5 Å². The van der Waals surface area contributed by atoms with Gasteiger partial charge in [0.25, 0.3) is 15.9 Å². The van der Waals surface area contributed by atoms with Gasteiger partial charge in [-0.25, -0.2) is 17.2 Å².